The van der Waals surface area contributed by atoms with Crippen molar-refractivity contribution in [2.75, 3.05) is 0 Å². The fourth-order valence-electron chi connectivity index (χ4n) is 8.21. The van der Waals surface area contributed by atoms with Crippen molar-refractivity contribution in [3.63, 3.8) is 0 Å². The molecule has 0 aliphatic heterocycles. The summed E-state index contributed by atoms with van der Waals surface area (Å²) in [6.07, 6.45) is -20.5. The van der Waals surface area contributed by atoms with Crippen LogP contribution in [0, 0.1) is 0 Å². The zero-order chi connectivity index (χ0) is 38.1. The summed E-state index contributed by atoms with van der Waals surface area (Å²) in [5, 5.41) is 23.9. The van der Waals surface area contributed by atoms with Gasteiger partial charge in [0.15, 0.2) is 0 Å². The molecule has 0 saturated heterocycles. The summed E-state index contributed by atoms with van der Waals surface area (Å²) in [5.74, 6) is -1.34. The van der Waals surface area contributed by atoms with Crippen LogP contribution in [-0.2, 0) is 41.0 Å². The lowest BCUT2D eigenvalue weighted by molar-refractivity contribution is -0.144. The van der Waals surface area contributed by atoms with Gasteiger partial charge in [-0.3, -0.25) is 0 Å². The molecule has 51 heavy (non-hydrogen) atoms. The van der Waals surface area contributed by atoms with Crippen LogP contribution in [0.3, 0.4) is 0 Å². The van der Waals surface area contributed by atoms with Crippen molar-refractivity contribution in [1.82, 2.24) is 0 Å². The fraction of sp³-hybridized carbons (Fsp3) is 0.351. The van der Waals surface area contributed by atoms with Crippen molar-refractivity contribution >= 4 is 0 Å². The van der Waals surface area contributed by atoms with Crippen LogP contribution in [0.1, 0.15) is 85.0 Å². The van der Waals surface area contributed by atoms with Crippen molar-refractivity contribution < 1.29 is 62.9 Å². The van der Waals surface area contributed by atoms with Gasteiger partial charge >= 0.3 is 24.7 Å². The first-order chi connectivity index (χ1) is 23.1. The molecular weight excluding hydrogens is 704 g/mol. The van der Waals surface area contributed by atoms with Gasteiger partial charge in [-0.05, 0) is 82.3 Å². The third-order valence-corrected chi connectivity index (χ3v) is 10.1. The molecule has 2 aliphatic carbocycles. The van der Waals surface area contributed by atoms with Crippen LogP contribution in [0.5, 0.6) is 11.5 Å². The van der Waals surface area contributed by atoms with E-state index in [0.29, 0.717) is 35.4 Å². The monoisotopic (exact) mass is 732 g/mol. The number of hydrogen-bond acceptors (Lipinski definition) is 2. The van der Waals surface area contributed by atoms with Gasteiger partial charge < -0.3 is 10.2 Å². The van der Waals surface area contributed by atoms with Gasteiger partial charge in [-0.2, -0.15) is 52.7 Å². The Hall–Kier alpha value is -4.36. The minimum absolute atomic E-state index is 0.0498. The maximum absolute atomic E-state index is 13.8. The molecule has 0 atom stereocenters. The summed E-state index contributed by atoms with van der Waals surface area (Å²) in [6, 6.07) is 7.09. The van der Waals surface area contributed by atoms with E-state index in [4.69, 9.17) is 0 Å². The van der Waals surface area contributed by atoms with E-state index in [9.17, 15) is 62.9 Å². The number of fused-ring (bicyclic) bond motifs is 4. The minimum atomic E-state index is -5.18. The summed E-state index contributed by atoms with van der Waals surface area (Å²) < 4.78 is 165. The highest BCUT2D eigenvalue weighted by Crippen LogP contribution is 2.67. The number of phenols is 2. The molecule has 0 heterocycles. The Morgan fingerprint density at radius 1 is 0.451 bits per heavy atom. The Labute approximate surface area is 283 Å². The smallest absolute Gasteiger partial charge is 0.416 e. The van der Waals surface area contributed by atoms with Crippen molar-refractivity contribution in [1.29, 1.82) is 0 Å². The van der Waals surface area contributed by atoms with Crippen LogP contribution >= 0.6 is 0 Å². The molecule has 0 bridgehead atoms. The third kappa shape index (κ3) is 5.87. The van der Waals surface area contributed by atoms with Gasteiger partial charge in [-0.1, -0.05) is 52.0 Å². The second-order valence-corrected chi connectivity index (χ2v) is 14.6. The van der Waals surface area contributed by atoms with E-state index in [-0.39, 0.29) is 47.2 Å². The lowest BCUT2D eigenvalue weighted by Gasteiger charge is -2.32. The van der Waals surface area contributed by atoms with Crippen LogP contribution in [0.25, 0.3) is 22.3 Å². The van der Waals surface area contributed by atoms with E-state index < -0.39 is 85.8 Å². The average molecular weight is 733 g/mol. The molecule has 0 unspecified atom stereocenters. The normalized spacial score (nSPS) is 17.9. The van der Waals surface area contributed by atoms with Crippen LogP contribution in [0.2, 0.25) is 0 Å². The van der Waals surface area contributed by atoms with E-state index in [1.807, 2.05) is 0 Å². The molecule has 6 rings (SSSR count). The highest BCUT2D eigenvalue weighted by atomic mass is 19.4. The Morgan fingerprint density at radius 2 is 0.725 bits per heavy atom. The van der Waals surface area contributed by atoms with Crippen LogP contribution in [0.4, 0.5) is 52.7 Å². The maximum Gasteiger partial charge on any atom is 0.416 e. The zero-order valence-corrected chi connectivity index (χ0v) is 27.1. The van der Waals surface area contributed by atoms with E-state index >= 15 is 0 Å². The van der Waals surface area contributed by atoms with Gasteiger partial charge in [0, 0.05) is 27.7 Å². The predicted octanol–water partition coefficient (Wildman–Crippen LogP) is 12.2. The minimum Gasteiger partial charge on any atom is -0.507 e. The molecule has 0 aromatic heterocycles. The molecule has 0 fully saturated rings. The molecule has 2 nitrogen and oxygen atoms in total. The molecule has 0 radical (unpaired) electrons. The van der Waals surface area contributed by atoms with Crippen molar-refractivity contribution in [2.24, 2.45) is 0 Å². The van der Waals surface area contributed by atoms with E-state index in [1.165, 1.54) is 24.3 Å². The molecule has 0 amide bonds. The number of alkyl halides is 12. The number of halogens is 12. The number of aromatic hydroxyl groups is 2. The molecule has 1 spiro atoms. The molecule has 0 saturated carbocycles. The Bertz CT molecular complexity index is 1870. The molecule has 272 valence electrons. The van der Waals surface area contributed by atoms with Crippen molar-refractivity contribution in [3.05, 3.63) is 105 Å². The molecule has 4 aromatic rings. The zero-order valence-electron chi connectivity index (χ0n) is 27.1. The number of phenolic OH excluding ortho intramolecular Hbond substituents is 2. The summed E-state index contributed by atoms with van der Waals surface area (Å²) >= 11 is 0. The summed E-state index contributed by atoms with van der Waals surface area (Å²) in [5.41, 5.74) is -10.5. The van der Waals surface area contributed by atoms with Crippen LogP contribution in [-0.4, -0.2) is 10.2 Å². The van der Waals surface area contributed by atoms with Gasteiger partial charge in [0.2, 0.25) is 0 Å². The maximum atomic E-state index is 13.8. The van der Waals surface area contributed by atoms with Crippen LogP contribution in [0.15, 0.2) is 60.7 Å². The molecular formula is C37H28F12O2. The average Bonchev–Trinajstić information content (AvgIpc) is 3.35. The van der Waals surface area contributed by atoms with Crippen LogP contribution < -0.4 is 0 Å². The van der Waals surface area contributed by atoms with Crippen molar-refractivity contribution in [3.8, 4) is 33.8 Å². The van der Waals surface area contributed by atoms with E-state index in [2.05, 4.69) is 0 Å². The Morgan fingerprint density at radius 3 is 0.980 bits per heavy atom. The SMILES string of the molecule is CC1(C)CC2(CC(C)(C)c3ccc(-c4cc(C(F)(F)F)cc(C(F)(F)F)c4)c(O)c32)c2c1ccc(-c1cc(C(F)(F)F)cc(C(F)(F)F)c1)c2O. The molecule has 4 aromatic carbocycles. The first kappa shape index (κ1) is 36.4. The first-order valence-corrected chi connectivity index (χ1v) is 15.4. The van der Waals surface area contributed by atoms with E-state index in [1.54, 1.807) is 27.7 Å². The molecule has 14 heteroatoms. The highest BCUT2D eigenvalue weighted by molar-refractivity contribution is 5.82. The van der Waals surface area contributed by atoms with Crippen molar-refractivity contribution in [2.45, 2.75) is 81.5 Å². The van der Waals surface area contributed by atoms with Gasteiger partial charge in [0.05, 0.1) is 22.3 Å². The van der Waals surface area contributed by atoms with Gasteiger partial charge in [0.25, 0.3) is 0 Å². The number of rotatable bonds is 2. The molecule has 2 N–H and O–H groups in total. The lowest BCUT2D eigenvalue weighted by atomic mass is 9.71. The fourth-order valence-corrected chi connectivity index (χ4v) is 8.21. The number of hydrogen-bond donors (Lipinski definition) is 2. The second-order valence-electron chi connectivity index (χ2n) is 14.6. The van der Waals surface area contributed by atoms with Gasteiger partial charge in [-0.25, -0.2) is 0 Å². The Balaban J connectivity index is 1.65. The summed E-state index contributed by atoms with van der Waals surface area (Å²) in [4.78, 5) is 0. The summed E-state index contributed by atoms with van der Waals surface area (Å²) in [7, 11) is 0. The summed E-state index contributed by atoms with van der Waals surface area (Å²) in [6.45, 7) is 7.06. The lowest BCUT2D eigenvalue weighted by Crippen LogP contribution is -2.27. The predicted molar refractivity (Wildman–Crippen MR) is 163 cm³/mol. The second kappa shape index (κ2) is 10.8. The van der Waals surface area contributed by atoms with E-state index in [0.717, 1.165) is 0 Å². The Kier molecular flexibility index (Phi) is 7.74. The molecule has 2 aliphatic rings. The van der Waals surface area contributed by atoms with Gasteiger partial charge in [-0.15, -0.1) is 0 Å². The third-order valence-electron chi connectivity index (χ3n) is 10.1. The highest BCUT2D eigenvalue weighted by Gasteiger charge is 2.59. The first-order valence-electron chi connectivity index (χ1n) is 15.4. The number of benzene rings is 4. The largest absolute Gasteiger partial charge is 0.507 e. The standard InChI is InChI=1S/C37H28F12O2/c1-31(2)15-33(27-25(31)7-5-23(29(27)50)17-9-19(34(38,39)40)13-20(10-17)35(41,42)43)16-32(3,4)26-8-6-24(30(51)28(26)33)18-11-21(36(44,45)46)14-22(12-18)37(47,48)49/h5-14,50-51H,15-16H2,1-4H3. The quantitative estimate of drug-likeness (QED) is 0.202. The topological polar surface area (TPSA) is 40.5 Å². The van der Waals surface area contributed by atoms with Gasteiger partial charge in [0.1, 0.15) is 11.5 Å².